The molecule has 2 aromatic rings. The molecule has 0 saturated heterocycles. The van der Waals surface area contributed by atoms with Crippen molar-refractivity contribution in [2.75, 3.05) is 0 Å². The van der Waals surface area contributed by atoms with Crippen LogP contribution in [0.1, 0.15) is 12.5 Å². The summed E-state index contributed by atoms with van der Waals surface area (Å²) in [5.41, 5.74) is 2.33. The van der Waals surface area contributed by atoms with Crippen molar-refractivity contribution in [3.63, 3.8) is 0 Å². The molecule has 0 heterocycles. The van der Waals surface area contributed by atoms with E-state index in [9.17, 15) is 9.18 Å². The standard InChI is InChI=1S/C16H12ClFO2/c1-10(8-16(19)20)12-4-7-15(18)14(9-12)11-2-5-13(17)6-3-11/h2-9H,1H3,(H,19,20)/b10-8+. The van der Waals surface area contributed by atoms with Crippen LogP contribution in [0.2, 0.25) is 5.02 Å². The van der Waals surface area contributed by atoms with Gasteiger partial charge in [0.1, 0.15) is 5.82 Å². The zero-order valence-electron chi connectivity index (χ0n) is 10.7. The van der Waals surface area contributed by atoms with Crippen molar-refractivity contribution in [1.82, 2.24) is 0 Å². The molecule has 0 unspecified atom stereocenters. The van der Waals surface area contributed by atoms with Crippen LogP contribution in [0.5, 0.6) is 0 Å². The van der Waals surface area contributed by atoms with Crippen LogP contribution in [-0.2, 0) is 4.79 Å². The Labute approximate surface area is 121 Å². The third kappa shape index (κ3) is 3.25. The van der Waals surface area contributed by atoms with E-state index in [-0.39, 0.29) is 5.82 Å². The summed E-state index contributed by atoms with van der Waals surface area (Å²) in [4.78, 5) is 10.7. The predicted molar refractivity (Wildman–Crippen MR) is 78.1 cm³/mol. The summed E-state index contributed by atoms with van der Waals surface area (Å²) in [7, 11) is 0. The van der Waals surface area contributed by atoms with Crippen LogP contribution in [0.25, 0.3) is 16.7 Å². The predicted octanol–water partition coefficient (Wildman–Crippen LogP) is 4.63. The fourth-order valence-electron chi connectivity index (χ4n) is 1.89. The monoisotopic (exact) mass is 290 g/mol. The SMILES string of the molecule is C/C(=C\C(=O)O)c1ccc(F)c(-c2ccc(Cl)cc2)c1. The van der Waals surface area contributed by atoms with Gasteiger partial charge in [-0.05, 0) is 47.9 Å². The van der Waals surface area contributed by atoms with Gasteiger partial charge < -0.3 is 5.11 Å². The minimum absolute atomic E-state index is 0.362. The molecule has 0 fully saturated rings. The Bertz CT molecular complexity index is 675. The topological polar surface area (TPSA) is 37.3 Å². The second kappa shape index (κ2) is 5.88. The van der Waals surface area contributed by atoms with Gasteiger partial charge in [0.05, 0.1) is 0 Å². The van der Waals surface area contributed by atoms with Crippen LogP contribution >= 0.6 is 11.6 Å². The van der Waals surface area contributed by atoms with Crippen molar-refractivity contribution in [2.45, 2.75) is 6.92 Å². The molecular weight excluding hydrogens is 279 g/mol. The van der Waals surface area contributed by atoms with Crippen molar-refractivity contribution >= 4 is 23.1 Å². The maximum atomic E-state index is 13.9. The Balaban J connectivity index is 2.49. The second-order valence-electron chi connectivity index (χ2n) is 4.37. The highest BCUT2D eigenvalue weighted by Crippen LogP contribution is 2.27. The molecule has 0 bridgehead atoms. The molecule has 0 aliphatic heterocycles. The third-order valence-electron chi connectivity index (χ3n) is 2.92. The average Bonchev–Trinajstić information content (AvgIpc) is 2.39. The van der Waals surface area contributed by atoms with Gasteiger partial charge in [0.25, 0.3) is 0 Å². The maximum absolute atomic E-state index is 13.9. The third-order valence-corrected chi connectivity index (χ3v) is 3.17. The zero-order valence-corrected chi connectivity index (χ0v) is 11.5. The Hall–Kier alpha value is -2.13. The van der Waals surface area contributed by atoms with Crippen molar-refractivity contribution in [3.8, 4) is 11.1 Å². The Morgan fingerprint density at radius 1 is 1.20 bits per heavy atom. The highest BCUT2D eigenvalue weighted by molar-refractivity contribution is 6.30. The summed E-state index contributed by atoms with van der Waals surface area (Å²) in [6.07, 6.45) is 1.10. The average molecular weight is 291 g/mol. The molecule has 20 heavy (non-hydrogen) atoms. The first-order valence-electron chi connectivity index (χ1n) is 5.94. The number of rotatable bonds is 3. The molecule has 1 N–H and O–H groups in total. The minimum Gasteiger partial charge on any atom is -0.478 e. The number of benzene rings is 2. The van der Waals surface area contributed by atoms with Gasteiger partial charge >= 0.3 is 5.97 Å². The highest BCUT2D eigenvalue weighted by atomic mass is 35.5. The molecule has 0 aliphatic carbocycles. The van der Waals surface area contributed by atoms with Crippen LogP contribution in [0.4, 0.5) is 4.39 Å². The second-order valence-corrected chi connectivity index (χ2v) is 4.80. The molecule has 0 radical (unpaired) electrons. The van der Waals surface area contributed by atoms with E-state index in [0.717, 1.165) is 6.08 Å². The molecule has 2 aromatic carbocycles. The number of carboxylic acid groups (broad SMARTS) is 1. The van der Waals surface area contributed by atoms with Crippen molar-refractivity contribution in [2.24, 2.45) is 0 Å². The quantitative estimate of drug-likeness (QED) is 0.837. The molecule has 2 rings (SSSR count). The summed E-state index contributed by atoms with van der Waals surface area (Å²) in [6.45, 7) is 1.67. The van der Waals surface area contributed by atoms with Crippen molar-refractivity contribution < 1.29 is 14.3 Å². The van der Waals surface area contributed by atoms with E-state index in [1.165, 1.54) is 6.07 Å². The van der Waals surface area contributed by atoms with E-state index in [1.54, 1.807) is 43.3 Å². The van der Waals surface area contributed by atoms with E-state index >= 15 is 0 Å². The van der Waals surface area contributed by atoms with Crippen LogP contribution < -0.4 is 0 Å². The maximum Gasteiger partial charge on any atom is 0.328 e. The summed E-state index contributed by atoms with van der Waals surface area (Å²) < 4.78 is 13.9. The van der Waals surface area contributed by atoms with Crippen LogP contribution in [0, 0.1) is 5.82 Å². The lowest BCUT2D eigenvalue weighted by molar-refractivity contribution is -0.131. The molecule has 0 amide bonds. The number of halogens is 2. The minimum atomic E-state index is -1.03. The Morgan fingerprint density at radius 2 is 1.85 bits per heavy atom. The molecule has 0 spiro atoms. The molecule has 0 aliphatic rings. The smallest absolute Gasteiger partial charge is 0.328 e. The van der Waals surface area contributed by atoms with Crippen LogP contribution in [0.15, 0.2) is 48.5 Å². The Kier molecular flexibility index (Phi) is 4.20. The van der Waals surface area contributed by atoms with Gasteiger partial charge in [-0.1, -0.05) is 29.8 Å². The summed E-state index contributed by atoms with van der Waals surface area (Å²) in [5, 5.41) is 9.33. The zero-order chi connectivity index (χ0) is 14.7. The van der Waals surface area contributed by atoms with E-state index in [4.69, 9.17) is 16.7 Å². The largest absolute Gasteiger partial charge is 0.478 e. The highest BCUT2D eigenvalue weighted by Gasteiger charge is 2.08. The number of carbonyl (C=O) groups is 1. The number of aliphatic carboxylic acids is 1. The first-order valence-corrected chi connectivity index (χ1v) is 6.32. The van der Waals surface area contributed by atoms with Gasteiger partial charge in [-0.15, -0.1) is 0 Å². The molecule has 2 nitrogen and oxygen atoms in total. The number of hydrogen-bond donors (Lipinski definition) is 1. The summed E-state index contributed by atoms with van der Waals surface area (Å²) in [6, 6.07) is 11.3. The number of hydrogen-bond acceptors (Lipinski definition) is 1. The Morgan fingerprint density at radius 3 is 2.45 bits per heavy atom. The fourth-order valence-corrected chi connectivity index (χ4v) is 2.02. The van der Waals surface area contributed by atoms with E-state index in [0.29, 0.717) is 27.3 Å². The van der Waals surface area contributed by atoms with Gasteiger partial charge in [0.2, 0.25) is 0 Å². The van der Waals surface area contributed by atoms with E-state index < -0.39 is 5.97 Å². The lowest BCUT2D eigenvalue weighted by Crippen LogP contribution is -1.92. The van der Waals surface area contributed by atoms with Gasteiger partial charge in [-0.25, -0.2) is 9.18 Å². The number of allylic oxidation sites excluding steroid dienone is 1. The number of carboxylic acids is 1. The van der Waals surface area contributed by atoms with E-state index in [1.807, 2.05) is 0 Å². The van der Waals surface area contributed by atoms with E-state index in [2.05, 4.69) is 0 Å². The van der Waals surface area contributed by atoms with Crippen molar-refractivity contribution in [1.29, 1.82) is 0 Å². The van der Waals surface area contributed by atoms with Crippen molar-refractivity contribution in [3.05, 3.63) is 64.9 Å². The molecule has 4 heteroatoms. The fraction of sp³-hybridized carbons (Fsp3) is 0.0625. The van der Waals surface area contributed by atoms with Gasteiger partial charge in [-0.3, -0.25) is 0 Å². The van der Waals surface area contributed by atoms with Gasteiger partial charge in [0.15, 0.2) is 0 Å². The molecule has 0 saturated carbocycles. The lowest BCUT2D eigenvalue weighted by Gasteiger charge is -2.07. The lowest BCUT2D eigenvalue weighted by atomic mass is 9.99. The first kappa shape index (κ1) is 14.3. The molecule has 0 atom stereocenters. The first-order chi connectivity index (χ1) is 9.47. The molecular formula is C16H12ClFO2. The molecule has 0 aromatic heterocycles. The normalized spacial score (nSPS) is 11.4. The van der Waals surface area contributed by atoms with Crippen LogP contribution in [0.3, 0.4) is 0 Å². The summed E-state index contributed by atoms with van der Waals surface area (Å²) >= 11 is 5.81. The van der Waals surface area contributed by atoms with Gasteiger partial charge in [0, 0.05) is 16.7 Å². The van der Waals surface area contributed by atoms with Crippen LogP contribution in [-0.4, -0.2) is 11.1 Å². The van der Waals surface area contributed by atoms with Gasteiger partial charge in [-0.2, -0.15) is 0 Å². The molecule has 102 valence electrons. The summed E-state index contributed by atoms with van der Waals surface area (Å²) in [5.74, 6) is -1.39.